The van der Waals surface area contributed by atoms with Gasteiger partial charge in [-0.3, -0.25) is 15.0 Å². The third-order valence-electron chi connectivity index (χ3n) is 3.14. The number of nitrogens with two attached hydrogens (primary N) is 1. The quantitative estimate of drug-likeness (QED) is 0.521. The van der Waals surface area contributed by atoms with Gasteiger partial charge in [0, 0.05) is 35.9 Å². The Morgan fingerprint density at radius 2 is 1.86 bits per heavy atom. The number of nitrogen functional groups attached to an aromatic ring is 1. The minimum atomic E-state index is -0.415. The van der Waals surface area contributed by atoms with Gasteiger partial charge in [-0.1, -0.05) is 23.7 Å². The summed E-state index contributed by atoms with van der Waals surface area (Å²) in [7, 11) is 1.94. The highest BCUT2D eigenvalue weighted by Crippen LogP contribution is 2.21. The fourth-order valence-electron chi connectivity index (χ4n) is 2.09. The fourth-order valence-corrected chi connectivity index (χ4v) is 2.22. The maximum atomic E-state index is 10.8. The van der Waals surface area contributed by atoms with Crippen molar-refractivity contribution < 1.29 is 4.92 Å². The smallest absolute Gasteiger partial charge is 0.269 e. The van der Waals surface area contributed by atoms with E-state index in [1.807, 2.05) is 36.2 Å². The topological polar surface area (TPSA) is 72.4 Å². The number of nitrogens with zero attached hydrogens (tertiary/aromatic N) is 2. The van der Waals surface area contributed by atoms with E-state index >= 15 is 0 Å². The molecule has 6 heteroatoms. The van der Waals surface area contributed by atoms with Gasteiger partial charge in [-0.25, -0.2) is 0 Å². The van der Waals surface area contributed by atoms with Crippen molar-refractivity contribution >= 4 is 23.0 Å². The normalized spacial score (nSPS) is 10.8. The Labute approximate surface area is 128 Å². The average Bonchev–Trinajstić information content (AvgIpc) is 2.43. The molecule has 0 fully saturated rings. The number of anilines is 1. The van der Waals surface area contributed by atoms with E-state index in [-0.39, 0.29) is 5.69 Å². The van der Waals surface area contributed by atoms with Crippen LogP contribution in [0.15, 0.2) is 42.5 Å². The molecule has 0 saturated heterocycles. The average molecular weight is 306 g/mol. The van der Waals surface area contributed by atoms with Gasteiger partial charge in [-0.2, -0.15) is 0 Å². The molecule has 0 bridgehead atoms. The van der Waals surface area contributed by atoms with Crippen LogP contribution in [0.4, 0.5) is 11.4 Å². The lowest BCUT2D eigenvalue weighted by Gasteiger charge is -2.18. The van der Waals surface area contributed by atoms with E-state index in [0.717, 1.165) is 11.1 Å². The summed E-state index contributed by atoms with van der Waals surface area (Å²) >= 11 is 5.85. The standard InChI is InChI=1S/C15H16ClN3O2/c1-18(9-11-2-4-13(16)5-3-11)10-12-8-14(19(20)21)6-7-15(12)17/h2-8H,9-10,17H2,1H3. The van der Waals surface area contributed by atoms with Gasteiger partial charge >= 0.3 is 0 Å². The summed E-state index contributed by atoms with van der Waals surface area (Å²) in [5, 5.41) is 11.5. The third kappa shape index (κ3) is 4.18. The molecule has 5 nitrogen and oxygen atoms in total. The van der Waals surface area contributed by atoms with Gasteiger partial charge < -0.3 is 5.73 Å². The van der Waals surface area contributed by atoms with Crippen LogP contribution in [0.5, 0.6) is 0 Å². The Bertz CT molecular complexity index is 644. The lowest BCUT2D eigenvalue weighted by Crippen LogP contribution is -2.18. The largest absolute Gasteiger partial charge is 0.398 e. The second kappa shape index (κ2) is 6.56. The first-order chi connectivity index (χ1) is 9.95. The van der Waals surface area contributed by atoms with Gasteiger partial charge in [-0.05, 0) is 36.4 Å². The number of non-ortho nitro benzene ring substituents is 1. The summed E-state index contributed by atoms with van der Waals surface area (Å²) < 4.78 is 0. The molecule has 0 unspecified atom stereocenters. The fraction of sp³-hybridized carbons (Fsp3) is 0.200. The van der Waals surface area contributed by atoms with Crippen LogP contribution < -0.4 is 5.73 Å². The molecule has 2 aromatic rings. The summed E-state index contributed by atoms with van der Waals surface area (Å²) in [6.07, 6.45) is 0. The molecule has 0 saturated carbocycles. The first kappa shape index (κ1) is 15.3. The Balaban J connectivity index is 2.08. The lowest BCUT2D eigenvalue weighted by molar-refractivity contribution is -0.384. The Morgan fingerprint density at radius 1 is 1.19 bits per heavy atom. The zero-order valence-corrected chi connectivity index (χ0v) is 12.4. The van der Waals surface area contributed by atoms with Crippen molar-refractivity contribution in [2.75, 3.05) is 12.8 Å². The van der Waals surface area contributed by atoms with Crippen molar-refractivity contribution in [3.8, 4) is 0 Å². The van der Waals surface area contributed by atoms with Crippen LogP contribution in [-0.2, 0) is 13.1 Å². The Hall–Kier alpha value is -2.11. The molecule has 0 aromatic heterocycles. The van der Waals surface area contributed by atoms with Gasteiger partial charge in [0.2, 0.25) is 0 Å². The molecule has 2 rings (SSSR count). The summed E-state index contributed by atoms with van der Waals surface area (Å²) in [4.78, 5) is 12.4. The van der Waals surface area contributed by atoms with E-state index in [0.29, 0.717) is 23.8 Å². The first-order valence-electron chi connectivity index (χ1n) is 6.41. The maximum absolute atomic E-state index is 10.8. The molecular weight excluding hydrogens is 290 g/mol. The molecular formula is C15H16ClN3O2. The number of halogens is 1. The van der Waals surface area contributed by atoms with Gasteiger partial charge in [0.25, 0.3) is 5.69 Å². The predicted molar refractivity (Wildman–Crippen MR) is 84.1 cm³/mol. The first-order valence-corrected chi connectivity index (χ1v) is 6.79. The molecule has 0 aliphatic heterocycles. The van der Waals surface area contributed by atoms with Crippen LogP contribution in [0.25, 0.3) is 0 Å². The highest BCUT2D eigenvalue weighted by Gasteiger charge is 2.11. The molecule has 0 aliphatic rings. The van der Waals surface area contributed by atoms with Crippen LogP contribution >= 0.6 is 11.6 Å². The minimum Gasteiger partial charge on any atom is -0.398 e. The molecule has 2 aromatic carbocycles. The molecule has 0 heterocycles. The van der Waals surface area contributed by atoms with E-state index in [1.165, 1.54) is 12.1 Å². The SMILES string of the molecule is CN(Cc1ccc(Cl)cc1)Cc1cc([N+](=O)[O-])ccc1N. The van der Waals surface area contributed by atoms with Gasteiger partial charge in [0.15, 0.2) is 0 Å². The second-order valence-electron chi connectivity index (χ2n) is 4.94. The number of rotatable bonds is 5. The summed E-state index contributed by atoms with van der Waals surface area (Å²) in [6.45, 7) is 1.25. The molecule has 0 radical (unpaired) electrons. The van der Waals surface area contributed by atoms with Crippen molar-refractivity contribution in [3.63, 3.8) is 0 Å². The van der Waals surface area contributed by atoms with E-state index in [1.54, 1.807) is 6.07 Å². The van der Waals surface area contributed by atoms with Crippen molar-refractivity contribution in [3.05, 3.63) is 68.7 Å². The third-order valence-corrected chi connectivity index (χ3v) is 3.40. The Kier molecular flexibility index (Phi) is 4.77. The number of hydrogen-bond donors (Lipinski definition) is 1. The van der Waals surface area contributed by atoms with E-state index in [2.05, 4.69) is 0 Å². The van der Waals surface area contributed by atoms with Crippen molar-refractivity contribution in [1.82, 2.24) is 4.90 Å². The van der Waals surface area contributed by atoms with Crippen molar-refractivity contribution in [2.24, 2.45) is 0 Å². The highest BCUT2D eigenvalue weighted by atomic mass is 35.5. The summed E-state index contributed by atoms with van der Waals surface area (Å²) in [5.41, 5.74) is 8.37. The van der Waals surface area contributed by atoms with Crippen LogP contribution in [0.3, 0.4) is 0 Å². The minimum absolute atomic E-state index is 0.0547. The Morgan fingerprint density at radius 3 is 2.48 bits per heavy atom. The number of benzene rings is 2. The molecule has 0 atom stereocenters. The van der Waals surface area contributed by atoms with Crippen LogP contribution in [-0.4, -0.2) is 16.9 Å². The molecule has 110 valence electrons. The van der Waals surface area contributed by atoms with Crippen LogP contribution in [0, 0.1) is 10.1 Å². The van der Waals surface area contributed by atoms with Gasteiger partial charge in [-0.15, -0.1) is 0 Å². The zero-order chi connectivity index (χ0) is 15.4. The molecule has 21 heavy (non-hydrogen) atoms. The van der Waals surface area contributed by atoms with Gasteiger partial charge in [0.05, 0.1) is 4.92 Å². The zero-order valence-electron chi connectivity index (χ0n) is 11.6. The van der Waals surface area contributed by atoms with E-state index in [9.17, 15) is 10.1 Å². The van der Waals surface area contributed by atoms with Gasteiger partial charge in [0.1, 0.15) is 0 Å². The monoisotopic (exact) mass is 305 g/mol. The molecule has 0 amide bonds. The van der Waals surface area contributed by atoms with E-state index < -0.39 is 4.92 Å². The molecule has 2 N–H and O–H groups in total. The number of hydrogen-bond acceptors (Lipinski definition) is 4. The van der Waals surface area contributed by atoms with Crippen LogP contribution in [0.2, 0.25) is 5.02 Å². The summed E-state index contributed by atoms with van der Waals surface area (Å²) in [5.74, 6) is 0. The van der Waals surface area contributed by atoms with Crippen molar-refractivity contribution in [2.45, 2.75) is 13.1 Å². The lowest BCUT2D eigenvalue weighted by atomic mass is 10.1. The van der Waals surface area contributed by atoms with Crippen molar-refractivity contribution in [1.29, 1.82) is 0 Å². The maximum Gasteiger partial charge on any atom is 0.269 e. The second-order valence-corrected chi connectivity index (χ2v) is 5.38. The summed E-state index contributed by atoms with van der Waals surface area (Å²) in [6, 6.07) is 12.1. The molecule has 0 aliphatic carbocycles. The van der Waals surface area contributed by atoms with E-state index in [4.69, 9.17) is 17.3 Å². The number of nitro benzene ring substituents is 1. The van der Waals surface area contributed by atoms with Crippen LogP contribution in [0.1, 0.15) is 11.1 Å². The number of nitro groups is 1. The highest BCUT2D eigenvalue weighted by molar-refractivity contribution is 6.30. The predicted octanol–water partition coefficient (Wildman–Crippen LogP) is 3.46. The molecule has 0 spiro atoms.